The first-order valence-electron chi connectivity index (χ1n) is 10.1. The van der Waals surface area contributed by atoms with E-state index in [1.807, 2.05) is 19.2 Å². The summed E-state index contributed by atoms with van der Waals surface area (Å²) < 4.78 is 0. The zero-order valence-corrected chi connectivity index (χ0v) is 17.8. The van der Waals surface area contributed by atoms with Crippen LogP contribution in [0.3, 0.4) is 0 Å². The van der Waals surface area contributed by atoms with Crippen molar-refractivity contribution in [1.29, 1.82) is 0 Å². The van der Waals surface area contributed by atoms with Crippen molar-refractivity contribution in [3.8, 4) is 11.3 Å². The van der Waals surface area contributed by atoms with Crippen LogP contribution in [0.15, 0.2) is 42.6 Å². The molecule has 1 aliphatic heterocycles. The number of aryl methyl sites for hydroxylation is 2. The first kappa shape index (κ1) is 19.6. The maximum Gasteiger partial charge on any atom is 0.225 e. The summed E-state index contributed by atoms with van der Waals surface area (Å²) in [4.78, 5) is 25.1. The summed E-state index contributed by atoms with van der Waals surface area (Å²) >= 11 is 1.59. The molecule has 0 saturated carbocycles. The average molecular weight is 407 g/mol. The molecule has 1 fully saturated rings. The number of pyridine rings is 1. The van der Waals surface area contributed by atoms with E-state index in [4.69, 9.17) is 0 Å². The smallest absolute Gasteiger partial charge is 0.225 e. The molecule has 4 rings (SSSR count). The lowest BCUT2D eigenvalue weighted by atomic mass is 10.1. The summed E-state index contributed by atoms with van der Waals surface area (Å²) in [5, 5.41) is 4.04. The highest BCUT2D eigenvalue weighted by Gasteiger charge is 2.16. The van der Waals surface area contributed by atoms with E-state index in [1.165, 1.54) is 18.4 Å². The molecular weight excluding hydrogens is 380 g/mol. The van der Waals surface area contributed by atoms with Crippen LogP contribution >= 0.6 is 11.3 Å². The van der Waals surface area contributed by atoms with Crippen molar-refractivity contribution in [2.45, 2.75) is 39.7 Å². The maximum absolute atomic E-state index is 12.6. The Morgan fingerprint density at radius 1 is 1.14 bits per heavy atom. The minimum atomic E-state index is 0.0153. The fourth-order valence-corrected chi connectivity index (χ4v) is 4.58. The van der Waals surface area contributed by atoms with Crippen LogP contribution in [-0.2, 0) is 17.8 Å². The number of carbonyl (C=O) groups is 1. The van der Waals surface area contributed by atoms with Gasteiger partial charge in [-0.1, -0.05) is 29.8 Å². The molecule has 1 aromatic carbocycles. The molecule has 0 atom stereocenters. The molecule has 0 unspecified atom stereocenters. The van der Waals surface area contributed by atoms with Gasteiger partial charge in [-0.2, -0.15) is 0 Å². The molecule has 29 heavy (non-hydrogen) atoms. The molecule has 0 aliphatic carbocycles. The Balaban J connectivity index is 1.40. The van der Waals surface area contributed by atoms with Crippen LogP contribution in [0.25, 0.3) is 11.3 Å². The summed E-state index contributed by atoms with van der Waals surface area (Å²) in [5.74, 6) is 1.02. The number of aromatic nitrogens is 2. The molecule has 1 aliphatic rings. The lowest BCUT2D eigenvalue weighted by molar-refractivity contribution is -0.120. The lowest BCUT2D eigenvalue weighted by Gasteiger charge is -2.17. The summed E-state index contributed by atoms with van der Waals surface area (Å²) in [5.41, 5.74) is 4.27. The van der Waals surface area contributed by atoms with Gasteiger partial charge < -0.3 is 10.2 Å². The third-order valence-corrected chi connectivity index (χ3v) is 6.15. The van der Waals surface area contributed by atoms with Crippen molar-refractivity contribution in [3.63, 3.8) is 0 Å². The quantitative estimate of drug-likeness (QED) is 0.664. The Morgan fingerprint density at radius 3 is 2.66 bits per heavy atom. The fraction of sp³-hybridized carbons (Fsp3) is 0.348. The summed E-state index contributed by atoms with van der Waals surface area (Å²) in [6, 6.07) is 12.4. The molecule has 5 nitrogen and oxygen atoms in total. The van der Waals surface area contributed by atoms with Crippen LogP contribution in [0.1, 0.15) is 33.9 Å². The summed E-state index contributed by atoms with van der Waals surface area (Å²) in [6.07, 6.45) is 4.62. The number of hydrogen-bond donors (Lipinski definition) is 1. The number of nitrogens with one attached hydrogen (secondary N) is 1. The monoisotopic (exact) mass is 406 g/mol. The van der Waals surface area contributed by atoms with Gasteiger partial charge in [0.05, 0.1) is 17.1 Å². The predicted octanol–water partition coefficient (Wildman–Crippen LogP) is 4.28. The van der Waals surface area contributed by atoms with Gasteiger partial charge in [0.15, 0.2) is 0 Å². The second-order valence-corrected chi connectivity index (χ2v) is 8.83. The molecular formula is C23H26N4OS. The first-order chi connectivity index (χ1) is 14.1. The molecule has 6 heteroatoms. The third kappa shape index (κ3) is 4.82. The molecule has 3 aromatic rings. The van der Waals surface area contributed by atoms with Crippen molar-refractivity contribution in [2.75, 3.05) is 18.0 Å². The van der Waals surface area contributed by atoms with Crippen molar-refractivity contribution in [1.82, 2.24) is 15.3 Å². The van der Waals surface area contributed by atoms with Gasteiger partial charge in [0.2, 0.25) is 5.91 Å². The number of nitrogens with zero attached hydrogens (tertiary/aromatic N) is 3. The van der Waals surface area contributed by atoms with Gasteiger partial charge in [0, 0.05) is 36.3 Å². The Hall–Kier alpha value is -2.73. The molecule has 0 spiro atoms. The van der Waals surface area contributed by atoms with Gasteiger partial charge in [-0.25, -0.2) is 9.97 Å². The Morgan fingerprint density at radius 2 is 1.90 bits per heavy atom. The van der Waals surface area contributed by atoms with Gasteiger partial charge in [-0.05, 0) is 44.4 Å². The summed E-state index contributed by atoms with van der Waals surface area (Å²) in [6.45, 7) is 6.70. The Bertz CT molecular complexity index is 990. The van der Waals surface area contributed by atoms with E-state index >= 15 is 0 Å². The highest BCUT2D eigenvalue weighted by atomic mass is 32.1. The second-order valence-electron chi connectivity index (χ2n) is 7.54. The van der Waals surface area contributed by atoms with E-state index in [1.54, 1.807) is 11.3 Å². The molecule has 0 bridgehead atoms. The topological polar surface area (TPSA) is 58.1 Å². The number of hydrogen-bond acceptors (Lipinski definition) is 5. The molecule has 1 N–H and O–H groups in total. The van der Waals surface area contributed by atoms with Crippen LogP contribution in [-0.4, -0.2) is 29.0 Å². The minimum Gasteiger partial charge on any atom is -0.357 e. The van der Waals surface area contributed by atoms with Crippen molar-refractivity contribution >= 4 is 23.1 Å². The first-order valence-corrected chi connectivity index (χ1v) is 10.9. The normalized spacial score (nSPS) is 13.7. The average Bonchev–Trinajstić information content (AvgIpc) is 3.37. The van der Waals surface area contributed by atoms with E-state index in [2.05, 4.69) is 57.4 Å². The van der Waals surface area contributed by atoms with Gasteiger partial charge in [-0.15, -0.1) is 11.3 Å². The van der Waals surface area contributed by atoms with E-state index in [9.17, 15) is 4.79 Å². The molecule has 3 heterocycles. The highest BCUT2D eigenvalue weighted by molar-refractivity contribution is 7.12. The minimum absolute atomic E-state index is 0.0153. The Kier molecular flexibility index (Phi) is 5.90. The maximum atomic E-state index is 12.6. The van der Waals surface area contributed by atoms with Crippen LogP contribution in [0.2, 0.25) is 0 Å². The number of benzene rings is 1. The van der Waals surface area contributed by atoms with Crippen molar-refractivity contribution in [2.24, 2.45) is 0 Å². The third-order valence-electron chi connectivity index (χ3n) is 5.18. The lowest BCUT2D eigenvalue weighted by Crippen LogP contribution is -2.25. The number of carbonyl (C=O) groups excluding carboxylic acids is 1. The molecule has 1 saturated heterocycles. The van der Waals surface area contributed by atoms with Crippen LogP contribution in [0.5, 0.6) is 0 Å². The number of rotatable bonds is 6. The van der Waals surface area contributed by atoms with Crippen molar-refractivity contribution in [3.05, 3.63) is 63.6 Å². The molecule has 0 radical (unpaired) electrons. The molecule has 2 aromatic heterocycles. The van der Waals surface area contributed by atoms with Crippen LogP contribution in [0, 0.1) is 13.8 Å². The fourth-order valence-electron chi connectivity index (χ4n) is 3.62. The second kappa shape index (κ2) is 8.74. The summed E-state index contributed by atoms with van der Waals surface area (Å²) in [7, 11) is 0. The zero-order chi connectivity index (χ0) is 20.2. The molecule has 1 amide bonds. The van der Waals surface area contributed by atoms with Crippen LogP contribution < -0.4 is 10.2 Å². The van der Waals surface area contributed by atoms with E-state index in [-0.39, 0.29) is 5.91 Å². The van der Waals surface area contributed by atoms with Crippen molar-refractivity contribution < 1.29 is 4.79 Å². The highest BCUT2D eigenvalue weighted by Crippen LogP contribution is 2.28. The van der Waals surface area contributed by atoms with Gasteiger partial charge in [0.25, 0.3) is 0 Å². The predicted molar refractivity (Wildman–Crippen MR) is 118 cm³/mol. The zero-order valence-electron chi connectivity index (χ0n) is 16.9. The van der Waals surface area contributed by atoms with E-state index < -0.39 is 0 Å². The largest absolute Gasteiger partial charge is 0.357 e. The number of thiazole rings is 1. The van der Waals surface area contributed by atoms with E-state index in [0.717, 1.165) is 45.6 Å². The number of anilines is 1. The van der Waals surface area contributed by atoms with E-state index in [0.29, 0.717) is 13.0 Å². The van der Waals surface area contributed by atoms with Crippen LogP contribution in [0.4, 0.5) is 5.82 Å². The van der Waals surface area contributed by atoms with Gasteiger partial charge in [0.1, 0.15) is 5.82 Å². The SMILES string of the molecule is Cc1ccc(-c2nc(C)sc2CC(=O)NCc2ccnc(N3CCCC3)c2)cc1. The van der Waals surface area contributed by atoms with Gasteiger partial charge >= 0.3 is 0 Å². The van der Waals surface area contributed by atoms with Gasteiger partial charge in [-0.3, -0.25) is 4.79 Å². The Labute approximate surface area is 175 Å². The molecule has 150 valence electrons. The standard InChI is InChI=1S/C23H26N4OS/c1-16-5-7-19(8-6-16)23-20(29-17(2)26-23)14-22(28)25-15-18-9-10-24-21(13-18)27-11-3-4-12-27/h5-10,13H,3-4,11-12,14-15H2,1-2H3,(H,25,28). The number of amides is 1.